The van der Waals surface area contributed by atoms with Crippen LogP contribution in [0.5, 0.6) is 0 Å². The molecule has 0 aliphatic carbocycles. The summed E-state index contributed by atoms with van der Waals surface area (Å²) >= 11 is 5.94. The zero-order valence-electron chi connectivity index (χ0n) is 10.5. The molecule has 0 spiro atoms. The van der Waals surface area contributed by atoms with Gasteiger partial charge < -0.3 is 10.1 Å². The minimum atomic E-state index is 0.461. The standard InChI is InChI=1S/C12H25ClN2O/c1-11(2)9-12(10-13)14-3-4-15-5-7-16-8-6-15/h11-12,14H,3-10H2,1-2H3. The van der Waals surface area contributed by atoms with Crippen LogP contribution in [0.1, 0.15) is 20.3 Å². The second-order valence-corrected chi connectivity index (χ2v) is 5.20. The highest BCUT2D eigenvalue weighted by atomic mass is 35.5. The molecule has 0 amide bonds. The number of alkyl halides is 1. The van der Waals surface area contributed by atoms with Gasteiger partial charge in [0.2, 0.25) is 0 Å². The fraction of sp³-hybridized carbons (Fsp3) is 1.00. The fourth-order valence-corrected chi connectivity index (χ4v) is 2.26. The molecule has 96 valence electrons. The first-order chi connectivity index (χ1) is 7.72. The van der Waals surface area contributed by atoms with E-state index in [1.807, 2.05) is 0 Å². The van der Waals surface area contributed by atoms with Crippen molar-refractivity contribution in [2.45, 2.75) is 26.3 Å². The van der Waals surface area contributed by atoms with Gasteiger partial charge in [-0.1, -0.05) is 13.8 Å². The normalized spacial score (nSPS) is 20.2. The maximum atomic E-state index is 5.94. The average molecular weight is 249 g/mol. The summed E-state index contributed by atoms with van der Waals surface area (Å²) in [6.07, 6.45) is 1.16. The molecule has 0 radical (unpaired) electrons. The van der Waals surface area contributed by atoms with Gasteiger partial charge in [-0.05, 0) is 12.3 Å². The van der Waals surface area contributed by atoms with Crippen LogP contribution in [-0.2, 0) is 4.74 Å². The molecule has 0 aromatic carbocycles. The number of ether oxygens (including phenoxy) is 1. The van der Waals surface area contributed by atoms with Gasteiger partial charge >= 0.3 is 0 Å². The number of halogens is 1. The average Bonchev–Trinajstić information content (AvgIpc) is 2.28. The predicted octanol–water partition coefficient (Wildman–Crippen LogP) is 1.56. The summed E-state index contributed by atoms with van der Waals surface area (Å²) in [5, 5.41) is 3.53. The molecule has 4 heteroatoms. The SMILES string of the molecule is CC(C)CC(CCl)NCCN1CCOCC1. The Morgan fingerprint density at radius 1 is 1.31 bits per heavy atom. The van der Waals surface area contributed by atoms with Crippen LogP contribution in [0.2, 0.25) is 0 Å². The monoisotopic (exact) mass is 248 g/mol. The third-order valence-electron chi connectivity index (χ3n) is 2.91. The summed E-state index contributed by atoms with van der Waals surface area (Å²) in [5.41, 5.74) is 0. The molecule has 0 aromatic rings. The van der Waals surface area contributed by atoms with Crippen molar-refractivity contribution in [2.24, 2.45) is 5.92 Å². The third-order valence-corrected chi connectivity index (χ3v) is 3.28. The summed E-state index contributed by atoms with van der Waals surface area (Å²) in [4.78, 5) is 2.44. The van der Waals surface area contributed by atoms with Gasteiger partial charge in [0.25, 0.3) is 0 Å². The molecule has 1 aliphatic rings. The Morgan fingerprint density at radius 3 is 2.56 bits per heavy atom. The molecule has 1 rings (SSSR count). The van der Waals surface area contributed by atoms with E-state index in [-0.39, 0.29) is 0 Å². The molecule has 16 heavy (non-hydrogen) atoms. The van der Waals surface area contributed by atoms with Crippen molar-refractivity contribution in [2.75, 3.05) is 45.3 Å². The van der Waals surface area contributed by atoms with Crippen molar-refractivity contribution < 1.29 is 4.74 Å². The molecule has 1 unspecified atom stereocenters. The van der Waals surface area contributed by atoms with E-state index in [1.54, 1.807) is 0 Å². The molecule has 3 nitrogen and oxygen atoms in total. The second kappa shape index (κ2) is 8.29. The van der Waals surface area contributed by atoms with Crippen LogP contribution in [0.25, 0.3) is 0 Å². The third kappa shape index (κ3) is 6.04. The van der Waals surface area contributed by atoms with E-state index in [9.17, 15) is 0 Å². The number of nitrogens with zero attached hydrogens (tertiary/aromatic N) is 1. The number of hydrogen-bond acceptors (Lipinski definition) is 3. The van der Waals surface area contributed by atoms with Crippen molar-refractivity contribution in [3.63, 3.8) is 0 Å². The van der Waals surface area contributed by atoms with Crippen LogP contribution in [0.4, 0.5) is 0 Å². The second-order valence-electron chi connectivity index (χ2n) is 4.89. The van der Waals surface area contributed by atoms with E-state index in [0.29, 0.717) is 17.8 Å². The summed E-state index contributed by atoms with van der Waals surface area (Å²) < 4.78 is 5.32. The summed E-state index contributed by atoms with van der Waals surface area (Å²) in [6, 6.07) is 0.461. The lowest BCUT2D eigenvalue weighted by atomic mass is 10.1. The van der Waals surface area contributed by atoms with Crippen LogP contribution in [0.3, 0.4) is 0 Å². The lowest BCUT2D eigenvalue weighted by Crippen LogP contribution is -2.43. The van der Waals surface area contributed by atoms with Crippen molar-refractivity contribution >= 4 is 11.6 Å². The first-order valence-corrected chi connectivity index (χ1v) is 6.85. The molecular weight excluding hydrogens is 224 g/mol. The van der Waals surface area contributed by atoms with Crippen molar-refractivity contribution in [1.82, 2.24) is 10.2 Å². The summed E-state index contributed by atoms with van der Waals surface area (Å²) in [5.74, 6) is 1.42. The van der Waals surface area contributed by atoms with Gasteiger partial charge in [0.1, 0.15) is 0 Å². The van der Waals surface area contributed by atoms with Crippen LogP contribution < -0.4 is 5.32 Å². The lowest BCUT2D eigenvalue weighted by Gasteiger charge is -2.27. The predicted molar refractivity (Wildman–Crippen MR) is 69.2 cm³/mol. The Labute approximate surface area is 104 Å². The first kappa shape index (κ1) is 14.2. The van der Waals surface area contributed by atoms with Gasteiger partial charge in [0, 0.05) is 38.1 Å². The fourth-order valence-electron chi connectivity index (χ4n) is 2.02. The molecule has 1 fully saturated rings. The van der Waals surface area contributed by atoms with E-state index in [4.69, 9.17) is 16.3 Å². The van der Waals surface area contributed by atoms with Crippen LogP contribution in [0, 0.1) is 5.92 Å². The maximum Gasteiger partial charge on any atom is 0.0594 e. The Hall–Kier alpha value is 0.170. The number of nitrogens with one attached hydrogen (secondary N) is 1. The molecule has 0 saturated carbocycles. The molecule has 1 heterocycles. The minimum Gasteiger partial charge on any atom is -0.379 e. The van der Waals surface area contributed by atoms with E-state index >= 15 is 0 Å². The lowest BCUT2D eigenvalue weighted by molar-refractivity contribution is 0.0381. The Bertz CT molecular complexity index is 172. The van der Waals surface area contributed by atoms with Gasteiger partial charge in [-0.25, -0.2) is 0 Å². The first-order valence-electron chi connectivity index (χ1n) is 6.31. The summed E-state index contributed by atoms with van der Waals surface area (Å²) in [7, 11) is 0. The largest absolute Gasteiger partial charge is 0.379 e. The number of morpholine rings is 1. The smallest absolute Gasteiger partial charge is 0.0594 e. The zero-order chi connectivity index (χ0) is 11.8. The molecule has 1 saturated heterocycles. The molecule has 0 bridgehead atoms. The van der Waals surface area contributed by atoms with Gasteiger partial charge in [-0.15, -0.1) is 11.6 Å². The topological polar surface area (TPSA) is 24.5 Å². The zero-order valence-corrected chi connectivity index (χ0v) is 11.3. The molecule has 0 aromatic heterocycles. The maximum absolute atomic E-state index is 5.94. The molecule has 1 atom stereocenters. The van der Waals surface area contributed by atoms with E-state index in [1.165, 1.54) is 0 Å². The van der Waals surface area contributed by atoms with Crippen molar-refractivity contribution in [3.8, 4) is 0 Å². The number of hydrogen-bond donors (Lipinski definition) is 1. The van der Waals surface area contributed by atoms with Crippen molar-refractivity contribution in [1.29, 1.82) is 0 Å². The van der Waals surface area contributed by atoms with Crippen molar-refractivity contribution in [3.05, 3.63) is 0 Å². The quantitative estimate of drug-likeness (QED) is 0.693. The van der Waals surface area contributed by atoms with Gasteiger partial charge in [0.05, 0.1) is 13.2 Å². The van der Waals surface area contributed by atoms with E-state index in [2.05, 4.69) is 24.1 Å². The minimum absolute atomic E-state index is 0.461. The molecular formula is C12H25ClN2O. The Morgan fingerprint density at radius 2 is 2.00 bits per heavy atom. The number of rotatable bonds is 7. The Kier molecular flexibility index (Phi) is 7.37. The highest BCUT2D eigenvalue weighted by Crippen LogP contribution is 2.06. The van der Waals surface area contributed by atoms with Gasteiger partial charge in [-0.2, -0.15) is 0 Å². The van der Waals surface area contributed by atoms with Gasteiger partial charge in [-0.3, -0.25) is 4.90 Å². The van der Waals surface area contributed by atoms with E-state index < -0.39 is 0 Å². The Balaban J connectivity index is 2.07. The van der Waals surface area contributed by atoms with Gasteiger partial charge in [0.15, 0.2) is 0 Å². The summed E-state index contributed by atoms with van der Waals surface area (Å²) in [6.45, 7) is 10.5. The highest BCUT2D eigenvalue weighted by Gasteiger charge is 2.12. The van der Waals surface area contributed by atoms with E-state index in [0.717, 1.165) is 45.8 Å². The van der Waals surface area contributed by atoms with Crippen LogP contribution >= 0.6 is 11.6 Å². The highest BCUT2D eigenvalue weighted by molar-refractivity contribution is 6.18. The van der Waals surface area contributed by atoms with Crippen LogP contribution in [0.15, 0.2) is 0 Å². The molecule has 1 aliphatic heterocycles. The molecule has 1 N–H and O–H groups in total. The van der Waals surface area contributed by atoms with Crippen LogP contribution in [-0.4, -0.2) is 56.2 Å².